The first-order chi connectivity index (χ1) is 12.1. The van der Waals surface area contributed by atoms with Crippen LogP contribution in [0.4, 0.5) is 0 Å². The van der Waals surface area contributed by atoms with Crippen molar-refractivity contribution in [1.29, 1.82) is 10.8 Å². The monoisotopic (exact) mass is 401 g/mol. The molecule has 0 aliphatic carbocycles. The number of amidine groups is 2. The zero-order chi connectivity index (χ0) is 17.8. The van der Waals surface area contributed by atoms with E-state index in [0.717, 1.165) is 15.7 Å². The first-order valence-corrected chi connectivity index (χ1v) is 8.98. The van der Waals surface area contributed by atoms with Gasteiger partial charge in [-0.15, -0.1) is 0 Å². The van der Waals surface area contributed by atoms with Gasteiger partial charge in [-0.2, -0.15) is 0 Å². The Morgan fingerprint density at radius 3 is 2.00 bits per heavy atom. The molecule has 2 heterocycles. The van der Waals surface area contributed by atoms with Gasteiger partial charge < -0.3 is 0 Å². The van der Waals surface area contributed by atoms with Crippen molar-refractivity contribution in [3.63, 3.8) is 0 Å². The molecule has 6 N–H and O–H groups in total. The summed E-state index contributed by atoms with van der Waals surface area (Å²) in [5, 5.41) is 32.6. The summed E-state index contributed by atoms with van der Waals surface area (Å²) < 4.78 is 2.33. The second kappa shape index (κ2) is 7.41. The Bertz CT molecular complexity index is 830. The van der Waals surface area contributed by atoms with Crippen molar-refractivity contribution in [3.05, 3.63) is 65.9 Å². The van der Waals surface area contributed by atoms with E-state index in [9.17, 15) is 0 Å². The van der Waals surface area contributed by atoms with E-state index in [1.54, 1.807) is 29.9 Å². The number of benzene rings is 1. The van der Waals surface area contributed by atoms with E-state index in [4.69, 9.17) is 21.2 Å². The standard InChI is InChI=1S/C17H15N5O2Se/c18-16(21-23)11-3-1-10(2-4-11)14-7-8-15(25-14)13-6-5-12(9-20-13)17(19)22-24/h1-9,23-24H,(H2,18,21)(H2,19,22). The van der Waals surface area contributed by atoms with Crippen LogP contribution in [-0.2, 0) is 0 Å². The molecule has 126 valence electrons. The Morgan fingerprint density at radius 2 is 1.40 bits per heavy atom. The SMILES string of the molecule is N=C(NO)c1ccc(-c2ccc(-c3ccc(C(=N)NO)cn3)[se]2)cc1. The van der Waals surface area contributed by atoms with Gasteiger partial charge in [0.15, 0.2) is 0 Å². The number of aromatic nitrogens is 1. The second-order valence-electron chi connectivity index (χ2n) is 5.15. The molecule has 0 aliphatic heterocycles. The maximum atomic E-state index is 8.77. The molecule has 7 nitrogen and oxygen atoms in total. The fraction of sp³-hybridized carbons (Fsp3) is 0. The van der Waals surface area contributed by atoms with Crippen LogP contribution in [0.3, 0.4) is 0 Å². The molecule has 3 rings (SSSR count). The minimum atomic E-state index is -0.0909. The molecule has 3 aromatic rings. The van der Waals surface area contributed by atoms with Crippen molar-refractivity contribution in [2.24, 2.45) is 0 Å². The third-order valence-corrected chi connectivity index (χ3v) is 6.02. The van der Waals surface area contributed by atoms with E-state index in [-0.39, 0.29) is 26.2 Å². The summed E-state index contributed by atoms with van der Waals surface area (Å²) in [7, 11) is 0. The second-order valence-corrected chi connectivity index (χ2v) is 7.42. The molecule has 8 heteroatoms. The Morgan fingerprint density at radius 1 is 0.800 bits per heavy atom. The van der Waals surface area contributed by atoms with Crippen molar-refractivity contribution in [3.8, 4) is 20.1 Å². The van der Waals surface area contributed by atoms with Gasteiger partial charge in [-0.1, -0.05) is 0 Å². The predicted octanol–water partition coefficient (Wildman–Crippen LogP) is 2.08. The molecule has 0 fully saturated rings. The van der Waals surface area contributed by atoms with Crippen LogP contribution >= 0.6 is 0 Å². The number of hydroxylamine groups is 2. The number of nitrogens with one attached hydrogen (secondary N) is 4. The molecule has 1 aromatic carbocycles. The number of rotatable bonds is 4. The van der Waals surface area contributed by atoms with Crippen LogP contribution < -0.4 is 11.0 Å². The normalized spacial score (nSPS) is 10.3. The van der Waals surface area contributed by atoms with Gasteiger partial charge in [0, 0.05) is 0 Å². The van der Waals surface area contributed by atoms with Gasteiger partial charge in [0.2, 0.25) is 0 Å². The zero-order valence-corrected chi connectivity index (χ0v) is 14.7. The van der Waals surface area contributed by atoms with E-state index in [2.05, 4.69) is 11.1 Å². The molecule has 2 aromatic heterocycles. The third-order valence-electron chi connectivity index (χ3n) is 3.59. The van der Waals surface area contributed by atoms with Gasteiger partial charge in [-0.05, 0) is 0 Å². The van der Waals surface area contributed by atoms with Crippen LogP contribution in [0.25, 0.3) is 20.1 Å². The molecule has 0 atom stereocenters. The summed E-state index contributed by atoms with van der Waals surface area (Å²) in [5.74, 6) is -0.129. The number of hydrogen-bond acceptors (Lipinski definition) is 5. The van der Waals surface area contributed by atoms with Crippen LogP contribution in [0.5, 0.6) is 0 Å². The van der Waals surface area contributed by atoms with Gasteiger partial charge in [-0.3, -0.25) is 0 Å². The molecule has 0 aliphatic rings. The number of nitrogens with zero attached hydrogens (tertiary/aromatic N) is 1. The quantitative estimate of drug-likeness (QED) is 0.173. The van der Waals surface area contributed by atoms with Crippen molar-refractivity contribution in [2.45, 2.75) is 0 Å². The van der Waals surface area contributed by atoms with Gasteiger partial charge in [0.25, 0.3) is 0 Å². The first kappa shape index (κ1) is 17.1. The summed E-state index contributed by atoms with van der Waals surface area (Å²) in [5.41, 5.74) is 6.69. The van der Waals surface area contributed by atoms with E-state index >= 15 is 0 Å². The molecule has 0 bridgehead atoms. The van der Waals surface area contributed by atoms with Gasteiger partial charge in [0.05, 0.1) is 0 Å². The third kappa shape index (κ3) is 3.67. The first-order valence-electron chi connectivity index (χ1n) is 7.27. The van der Waals surface area contributed by atoms with E-state index in [0.29, 0.717) is 11.1 Å². The summed E-state index contributed by atoms with van der Waals surface area (Å²) >= 11 is 0.0987. The molecule has 0 saturated heterocycles. The van der Waals surface area contributed by atoms with E-state index < -0.39 is 0 Å². The Balaban J connectivity index is 1.82. The maximum absolute atomic E-state index is 8.77. The Hall–Kier alpha value is -2.77. The minimum absolute atomic E-state index is 0.0384. The van der Waals surface area contributed by atoms with Crippen LogP contribution in [-0.4, -0.2) is 41.6 Å². The van der Waals surface area contributed by atoms with E-state index in [1.165, 1.54) is 4.44 Å². The molecule has 0 unspecified atom stereocenters. The summed E-state index contributed by atoms with van der Waals surface area (Å²) in [6.07, 6.45) is 1.55. The molecular formula is C17H15N5O2Se. The van der Waals surface area contributed by atoms with Crippen LogP contribution in [0.2, 0.25) is 0 Å². The zero-order valence-electron chi connectivity index (χ0n) is 12.9. The van der Waals surface area contributed by atoms with Crippen LogP contribution in [0.15, 0.2) is 54.7 Å². The molecule has 25 heavy (non-hydrogen) atoms. The fourth-order valence-corrected chi connectivity index (χ4v) is 4.32. The summed E-state index contributed by atoms with van der Waals surface area (Å²) in [6.45, 7) is 0. The average Bonchev–Trinajstić information content (AvgIpc) is 3.17. The fourth-order valence-electron chi connectivity index (χ4n) is 2.25. The molecule has 0 amide bonds. The topological polar surface area (TPSA) is 125 Å². The van der Waals surface area contributed by atoms with E-state index in [1.807, 2.05) is 29.7 Å². The number of pyridine rings is 1. The Kier molecular flexibility index (Phi) is 5.06. The van der Waals surface area contributed by atoms with Crippen molar-refractivity contribution in [1.82, 2.24) is 15.9 Å². The number of hydrogen-bond donors (Lipinski definition) is 6. The molecule has 0 spiro atoms. The summed E-state index contributed by atoms with van der Waals surface area (Å²) in [6, 6.07) is 15.1. The van der Waals surface area contributed by atoms with Crippen molar-refractivity contribution >= 4 is 26.2 Å². The van der Waals surface area contributed by atoms with Gasteiger partial charge in [-0.25, -0.2) is 0 Å². The molecule has 0 radical (unpaired) electrons. The molecule has 0 saturated carbocycles. The van der Waals surface area contributed by atoms with Gasteiger partial charge in [0.1, 0.15) is 0 Å². The van der Waals surface area contributed by atoms with Crippen LogP contribution in [0.1, 0.15) is 11.1 Å². The summed E-state index contributed by atoms with van der Waals surface area (Å²) in [4.78, 5) is 4.36. The predicted molar refractivity (Wildman–Crippen MR) is 95.6 cm³/mol. The Labute approximate surface area is 149 Å². The van der Waals surface area contributed by atoms with Crippen LogP contribution in [0, 0.1) is 10.8 Å². The van der Waals surface area contributed by atoms with Gasteiger partial charge >= 0.3 is 149 Å². The van der Waals surface area contributed by atoms with Crippen molar-refractivity contribution < 1.29 is 10.4 Å². The average molecular weight is 400 g/mol. The van der Waals surface area contributed by atoms with Crippen molar-refractivity contribution in [2.75, 3.05) is 0 Å². The molecular weight excluding hydrogens is 385 g/mol.